The van der Waals surface area contributed by atoms with Crippen LogP contribution in [0.3, 0.4) is 0 Å². The van der Waals surface area contributed by atoms with Crippen LogP contribution in [0.5, 0.6) is 0 Å². The van der Waals surface area contributed by atoms with Crippen molar-refractivity contribution in [1.29, 1.82) is 0 Å². The lowest BCUT2D eigenvalue weighted by molar-refractivity contribution is 1.30. The molecular formula is C11H9N3S. The molecule has 0 bridgehead atoms. The van der Waals surface area contributed by atoms with Crippen molar-refractivity contribution in [2.75, 3.05) is 0 Å². The molecule has 1 N–H and O–H groups in total. The zero-order valence-corrected chi connectivity index (χ0v) is 9.01. The number of aromatic nitrogens is 3. The van der Waals surface area contributed by atoms with Crippen molar-refractivity contribution in [3.63, 3.8) is 0 Å². The Kier molecular flexibility index (Phi) is 1.82. The minimum atomic E-state index is 0.778. The minimum absolute atomic E-state index is 0.778. The first kappa shape index (κ1) is 8.61. The monoisotopic (exact) mass is 215 g/mol. The van der Waals surface area contributed by atoms with Crippen LogP contribution in [0, 0.1) is 6.92 Å². The molecule has 3 aromatic rings. The first-order valence-corrected chi connectivity index (χ1v) is 5.58. The van der Waals surface area contributed by atoms with Gasteiger partial charge in [0.25, 0.3) is 0 Å². The fourth-order valence-electron chi connectivity index (χ4n) is 1.57. The minimum Gasteiger partial charge on any atom is -0.336 e. The number of fused-ring (bicyclic) bond motifs is 1. The molecule has 3 rings (SSSR count). The van der Waals surface area contributed by atoms with Crippen LogP contribution < -0.4 is 0 Å². The molecule has 4 heteroatoms. The number of aromatic amines is 1. The second-order valence-electron chi connectivity index (χ2n) is 3.39. The molecule has 0 atom stereocenters. The molecule has 0 unspecified atom stereocenters. The summed E-state index contributed by atoms with van der Waals surface area (Å²) in [7, 11) is 0. The summed E-state index contributed by atoms with van der Waals surface area (Å²) < 4.78 is 0. The molecule has 0 aromatic carbocycles. The van der Waals surface area contributed by atoms with Gasteiger partial charge in [-0.3, -0.25) is 0 Å². The van der Waals surface area contributed by atoms with Gasteiger partial charge in [0.15, 0.2) is 11.5 Å². The highest BCUT2D eigenvalue weighted by Gasteiger charge is 2.08. The standard InChI is InChI=1S/C11H9N3S/c1-7-4-6-15-9(7)11-13-8-3-2-5-12-10(8)14-11/h2-6H,1H3,(H,12,13,14). The maximum Gasteiger partial charge on any atom is 0.178 e. The van der Waals surface area contributed by atoms with E-state index in [0.29, 0.717) is 0 Å². The topological polar surface area (TPSA) is 41.6 Å². The second-order valence-corrected chi connectivity index (χ2v) is 4.31. The molecule has 0 saturated carbocycles. The smallest absolute Gasteiger partial charge is 0.178 e. The van der Waals surface area contributed by atoms with E-state index < -0.39 is 0 Å². The highest BCUT2D eigenvalue weighted by atomic mass is 32.1. The number of nitrogens with zero attached hydrogens (tertiary/aromatic N) is 2. The van der Waals surface area contributed by atoms with Crippen LogP contribution in [0.4, 0.5) is 0 Å². The zero-order chi connectivity index (χ0) is 10.3. The number of imidazole rings is 1. The van der Waals surface area contributed by atoms with E-state index in [2.05, 4.69) is 33.3 Å². The summed E-state index contributed by atoms with van der Waals surface area (Å²) in [4.78, 5) is 13.1. The van der Waals surface area contributed by atoms with Crippen LogP contribution in [0.25, 0.3) is 21.9 Å². The lowest BCUT2D eigenvalue weighted by atomic mass is 10.3. The van der Waals surface area contributed by atoms with Crippen LogP contribution in [-0.2, 0) is 0 Å². The number of pyridine rings is 1. The molecule has 0 fully saturated rings. The van der Waals surface area contributed by atoms with E-state index in [4.69, 9.17) is 0 Å². The quantitative estimate of drug-likeness (QED) is 0.678. The average molecular weight is 215 g/mol. The Hall–Kier alpha value is -1.68. The van der Waals surface area contributed by atoms with Crippen molar-refractivity contribution in [2.45, 2.75) is 6.92 Å². The SMILES string of the molecule is Cc1ccsc1-c1nc2ncccc2[nH]1. The van der Waals surface area contributed by atoms with Gasteiger partial charge in [-0.05, 0) is 36.1 Å². The number of hydrogen-bond donors (Lipinski definition) is 1. The van der Waals surface area contributed by atoms with Crippen molar-refractivity contribution >= 4 is 22.5 Å². The summed E-state index contributed by atoms with van der Waals surface area (Å²) in [5.74, 6) is 0.913. The Morgan fingerprint density at radius 2 is 2.27 bits per heavy atom. The summed E-state index contributed by atoms with van der Waals surface area (Å²) in [6.07, 6.45) is 1.76. The zero-order valence-electron chi connectivity index (χ0n) is 8.19. The van der Waals surface area contributed by atoms with Crippen LogP contribution >= 0.6 is 11.3 Å². The first-order chi connectivity index (χ1) is 7.34. The van der Waals surface area contributed by atoms with E-state index in [0.717, 1.165) is 17.0 Å². The highest BCUT2D eigenvalue weighted by molar-refractivity contribution is 7.13. The van der Waals surface area contributed by atoms with Gasteiger partial charge in [-0.1, -0.05) is 0 Å². The lowest BCUT2D eigenvalue weighted by Crippen LogP contribution is -1.77. The van der Waals surface area contributed by atoms with E-state index in [9.17, 15) is 0 Å². The van der Waals surface area contributed by atoms with Gasteiger partial charge in [0.2, 0.25) is 0 Å². The summed E-state index contributed by atoms with van der Waals surface area (Å²) in [6.45, 7) is 2.09. The molecule has 15 heavy (non-hydrogen) atoms. The predicted octanol–water partition coefficient (Wildman–Crippen LogP) is 2.99. The molecule has 3 nitrogen and oxygen atoms in total. The van der Waals surface area contributed by atoms with Crippen molar-refractivity contribution < 1.29 is 0 Å². The molecule has 0 aliphatic heterocycles. The van der Waals surface area contributed by atoms with E-state index in [-0.39, 0.29) is 0 Å². The Morgan fingerprint density at radius 1 is 1.33 bits per heavy atom. The van der Waals surface area contributed by atoms with Crippen LogP contribution in [0.1, 0.15) is 5.56 Å². The summed E-state index contributed by atoms with van der Waals surface area (Å²) in [5, 5.41) is 2.07. The van der Waals surface area contributed by atoms with Gasteiger partial charge < -0.3 is 4.98 Å². The largest absolute Gasteiger partial charge is 0.336 e. The van der Waals surface area contributed by atoms with Crippen molar-refractivity contribution in [3.8, 4) is 10.7 Å². The number of hydrogen-bond acceptors (Lipinski definition) is 3. The molecule has 74 valence electrons. The van der Waals surface area contributed by atoms with E-state index >= 15 is 0 Å². The Balaban J connectivity index is 2.24. The predicted molar refractivity (Wildman–Crippen MR) is 61.9 cm³/mol. The third-order valence-corrected chi connectivity index (χ3v) is 3.36. The number of nitrogens with one attached hydrogen (secondary N) is 1. The first-order valence-electron chi connectivity index (χ1n) is 4.70. The fraction of sp³-hybridized carbons (Fsp3) is 0.0909. The van der Waals surface area contributed by atoms with Crippen LogP contribution in [0.15, 0.2) is 29.8 Å². The number of rotatable bonds is 1. The summed E-state index contributed by atoms with van der Waals surface area (Å²) in [6, 6.07) is 5.99. The van der Waals surface area contributed by atoms with Crippen molar-refractivity contribution in [3.05, 3.63) is 35.3 Å². The molecule has 0 amide bonds. The van der Waals surface area contributed by atoms with E-state index in [1.54, 1.807) is 17.5 Å². The number of aryl methyl sites for hydroxylation is 1. The summed E-state index contributed by atoms with van der Waals surface area (Å²) in [5.41, 5.74) is 3.01. The van der Waals surface area contributed by atoms with Gasteiger partial charge in [-0.25, -0.2) is 9.97 Å². The Bertz CT molecular complexity index is 576. The Labute approximate surface area is 90.8 Å². The van der Waals surface area contributed by atoms with Crippen molar-refractivity contribution in [2.24, 2.45) is 0 Å². The van der Waals surface area contributed by atoms with Gasteiger partial charge in [-0.15, -0.1) is 11.3 Å². The van der Waals surface area contributed by atoms with Gasteiger partial charge >= 0.3 is 0 Å². The normalized spacial score (nSPS) is 11.0. The van der Waals surface area contributed by atoms with Gasteiger partial charge in [0.1, 0.15) is 0 Å². The molecule has 3 aromatic heterocycles. The molecule has 0 saturated heterocycles. The van der Waals surface area contributed by atoms with Gasteiger partial charge in [0, 0.05) is 6.20 Å². The molecule has 0 spiro atoms. The maximum absolute atomic E-state index is 4.46. The average Bonchev–Trinajstić information content (AvgIpc) is 2.82. The molecule has 3 heterocycles. The van der Waals surface area contributed by atoms with E-state index in [1.165, 1.54) is 10.4 Å². The van der Waals surface area contributed by atoms with Crippen molar-refractivity contribution in [1.82, 2.24) is 15.0 Å². The van der Waals surface area contributed by atoms with Crippen LogP contribution in [0.2, 0.25) is 0 Å². The van der Waals surface area contributed by atoms with Crippen LogP contribution in [-0.4, -0.2) is 15.0 Å². The van der Waals surface area contributed by atoms with E-state index in [1.807, 2.05) is 12.1 Å². The summed E-state index contributed by atoms with van der Waals surface area (Å²) >= 11 is 1.70. The highest BCUT2D eigenvalue weighted by Crippen LogP contribution is 2.27. The Morgan fingerprint density at radius 3 is 3.00 bits per heavy atom. The molecule has 0 aliphatic rings. The van der Waals surface area contributed by atoms with Gasteiger partial charge in [0.05, 0.1) is 10.4 Å². The fourth-order valence-corrected chi connectivity index (χ4v) is 2.44. The maximum atomic E-state index is 4.46. The second kappa shape index (κ2) is 3.17. The number of thiophene rings is 1. The number of H-pyrrole nitrogens is 1. The molecule has 0 aliphatic carbocycles. The lowest BCUT2D eigenvalue weighted by Gasteiger charge is -1.91. The third kappa shape index (κ3) is 1.34. The third-order valence-electron chi connectivity index (χ3n) is 2.33. The molecular weight excluding hydrogens is 206 g/mol. The molecule has 0 radical (unpaired) electrons. The van der Waals surface area contributed by atoms with Gasteiger partial charge in [-0.2, -0.15) is 0 Å².